The fourth-order valence-corrected chi connectivity index (χ4v) is 3.05. The molecule has 4 rings (SSSR count). The van der Waals surface area contributed by atoms with Crippen LogP contribution in [0.3, 0.4) is 0 Å². The van der Waals surface area contributed by atoms with Crippen LogP contribution >= 0.6 is 15.9 Å². The number of pyridine rings is 1. The van der Waals surface area contributed by atoms with Gasteiger partial charge in [0.2, 0.25) is 0 Å². The Hall–Kier alpha value is -3.53. The van der Waals surface area contributed by atoms with Gasteiger partial charge in [-0.05, 0) is 40.2 Å². The smallest absolute Gasteiger partial charge is 0.272 e. The highest BCUT2D eigenvalue weighted by molar-refractivity contribution is 9.10. The number of carbonyl (C=O) groups is 1. The third-order valence-corrected chi connectivity index (χ3v) is 4.49. The van der Waals surface area contributed by atoms with Gasteiger partial charge in [0, 0.05) is 35.2 Å². The lowest BCUT2D eigenvalue weighted by atomic mass is 10.3. The Morgan fingerprint density at radius 3 is 2.89 bits per heavy atom. The van der Waals surface area contributed by atoms with E-state index in [-0.39, 0.29) is 23.8 Å². The number of amides is 1. The molecule has 0 aliphatic heterocycles. The average molecular weight is 441 g/mol. The SMILES string of the molecule is O=C(NCc1cn2cc(Br)ccc2n1)c1ccn(-c2cccc([N+](=O)[O-])c2)n1. The van der Waals surface area contributed by atoms with E-state index in [1.165, 1.54) is 16.8 Å². The molecule has 28 heavy (non-hydrogen) atoms. The number of non-ortho nitro benzene ring substituents is 1. The zero-order valence-corrected chi connectivity index (χ0v) is 15.9. The van der Waals surface area contributed by atoms with E-state index in [9.17, 15) is 14.9 Å². The first-order valence-corrected chi connectivity index (χ1v) is 9.01. The van der Waals surface area contributed by atoms with Crippen LogP contribution in [0.25, 0.3) is 11.3 Å². The molecule has 3 heterocycles. The van der Waals surface area contributed by atoms with Crippen molar-refractivity contribution in [3.8, 4) is 5.69 Å². The molecule has 1 amide bonds. The molecule has 0 radical (unpaired) electrons. The summed E-state index contributed by atoms with van der Waals surface area (Å²) in [5.41, 5.74) is 2.15. The number of nitrogens with zero attached hydrogens (tertiary/aromatic N) is 5. The van der Waals surface area contributed by atoms with Crippen molar-refractivity contribution in [1.29, 1.82) is 0 Å². The van der Waals surface area contributed by atoms with Gasteiger partial charge in [0.15, 0.2) is 5.69 Å². The first kappa shape index (κ1) is 17.9. The molecule has 0 spiro atoms. The fourth-order valence-electron chi connectivity index (χ4n) is 2.70. The number of aromatic nitrogens is 4. The number of imidazole rings is 1. The average Bonchev–Trinajstić information content (AvgIpc) is 3.33. The molecule has 140 valence electrons. The summed E-state index contributed by atoms with van der Waals surface area (Å²) in [5, 5.41) is 17.9. The number of hydrogen-bond acceptors (Lipinski definition) is 5. The lowest BCUT2D eigenvalue weighted by molar-refractivity contribution is -0.384. The first-order valence-electron chi connectivity index (χ1n) is 8.21. The molecule has 1 aromatic carbocycles. The van der Waals surface area contributed by atoms with Gasteiger partial charge < -0.3 is 9.72 Å². The molecule has 0 aliphatic carbocycles. The van der Waals surface area contributed by atoms with Gasteiger partial charge >= 0.3 is 0 Å². The van der Waals surface area contributed by atoms with Crippen molar-refractivity contribution in [2.24, 2.45) is 0 Å². The van der Waals surface area contributed by atoms with Gasteiger partial charge in [-0.1, -0.05) is 6.07 Å². The summed E-state index contributed by atoms with van der Waals surface area (Å²) in [6.07, 6.45) is 5.30. The van der Waals surface area contributed by atoms with Crippen LogP contribution in [0.4, 0.5) is 5.69 Å². The minimum absolute atomic E-state index is 0.0440. The summed E-state index contributed by atoms with van der Waals surface area (Å²) in [7, 11) is 0. The monoisotopic (exact) mass is 440 g/mol. The maximum Gasteiger partial charge on any atom is 0.272 e. The van der Waals surface area contributed by atoms with Crippen LogP contribution in [0, 0.1) is 10.1 Å². The minimum atomic E-state index is -0.478. The predicted molar refractivity (Wildman–Crippen MR) is 104 cm³/mol. The highest BCUT2D eigenvalue weighted by atomic mass is 79.9. The Balaban J connectivity index is 1.46. The van der Waals surface area contributed by atoms with E-state index >= 15 is 0 Å². The molecule has 0 aliphatic rings. The van der Waals surface area contributed by atoms with E-state index in [1.807, 2.05) is 28.9 Å². The normalized spacial score (nSPS) is 10.9. The zero-order valence-electron chi connectivity index (χ0n) is 14.3. The van der Waals surface area contributed by atoms with Crippen LogP contribution < -0.4 is 5.32 Å². The van der Waals surface area contributed by atoms with E-state index in [0.717, 1.165) is 10.1 Å². The van der Waals surface area contributed by atoms with Crippen LogP contribution in [-0.4, -0.2) is 30.0 Å². The molecular weight excluding hydrogens is 428 g/mol. The Labute approximate surface area is 166 Å². The van der Waals surface area contributed by atoms with Crippen LogP contribution in [0.2, 0.25) is 0 Å². The van der Waals surface area contributed by atoms with Crippen molar-refractivity contribution in [3.05, 3.63) is 87.0 Å². The second-order valence-electron chi connectivity index (χ2n) is 5.95. The van der Waals surface area contributed by atoms with Crippen LogP contribution in [-0.2, 0) is 6.54 Å². The van der Waals surface area contributed by atoms with Crippen molar-refractivity contribution in [3.63, 3.8) is 0 Å². The van der Waals surface area contributed by atoms with E-state index in [2.05, 4.69) is 31.3 Å². The summed E-state index contributed by atoms with van der Waals surface area (Å²) >= 11 is 3.40. The fraction of sp³-hybridized carbons (Fsp3) is 0.0556. The topological polar surface area (TPSA) is 107 Å². The zero-order chi connectivity index (χ0) is 19.7. The Bertz CT molecular complexity index is 1200. The summed E-state index contributed by atoms with van der Waals surface area (Å²) in [6.45, 7) is 0.252. The van der Waals surface area contributed by atoms with E-state index in [0.29, 0.717) is 11.4 Å². The molecular formula is C18H13BrN6O3. The lowest BCUT2D eigenvalue weighted by Crippen LogP contribution is -2.23. The number of hydrogen-bond donors (Lipinski definition) is 1. The van der Waals surface area contributed by atoms with Crippen molar-refractivity contribution in [2.75, 3.05) is 0 Å². The van der Waals surface area contributed by atoms with Crippen molar-refractivity contribution in [2.45, 2.75) is 6.54 Å². The van der Waals surface area contributed by atoms with E-state index in [4.69, 9.17) is 0 Å². The van der Waals surface area contributed by atoms with Gasteiger partial charge in [0.25, 0.3) is 11.6 Å². The van der Waals surface area contributed by atoms with Gasteiger partial charge in [0.05, 0.1) is 22.8 Å². The van der Waals surface area contributed by atoms with Crippen molar-refractivity contribution >= 4 is 33.2 Å². The third kappa shape index (κ3) is 3.62. The Morgan fingerprint density at radius 1 is 1.21 bits per heavy atom. The standard InChI is InChI=1S/C18H13BrN6O3/c19-12-4-5-17-21-13(11-23(17)10-12)9-20-18(26)16-6-7-24(22-16)14-2-1-3-15(8-14)25(27)28/h1-8,10-11H,9H2,(H,20,26). The quantitative estimate of drug-likeness (QED) is 0.378. The van der Waals surface area contributed by atoms with Crippen molar-refractivity contribution < 1.29 is 9.72 Å². The van der Waals surface area contributed by atoms with Gasteiger partial charge in [0.1, 0.15) is 5.65 Å². The maximum atomic E-state index is 12.4. The predicted octanol–water partition coefficient (Wildman–Crippen LogP) is 3.12. The highest BCUT2D eigenvalue weighted by Gasteiger charge is 2.13. The molecule has 0 saturated carbocycles. The molecule has 0 fully saturated rings. The molecule has 0 unspecified atom stereocenters. The molecule has 4 aromatic rings. The van der Waals surface area contributed by atoms with Gasteiger partial charge in [-0.2, -0.15) is 5.10 Å². The second kappa shape index (κ2) is 7.24. The number of carbonyl (C=O) groups excluding carboxylic acids is 1. The second-order valence-corrected chi connectivity index (χ2v) is 6.87. The molecule has 0 bridgehead atoms. The molecule has 10 heteroatoms. The Kier molecular flexibility index (Phi) is 4.62. The number of rotatable bonds is 5. The lowest BCUT2D eigenvalue weighted by Gasteiger charge is -2.02. The van der Waals surface area contributed by atoms with Crippen LogP contribution in [0.1, 0.15) is 16.2 Å². The third-order valence-electron chi connectivity index (χ3n) is 4.02. The number of fused-ring (bicyclic) bond motifs is 1. The summed E-state index contributed by atoms with van der Waals surface area (Å²) < 4.78 is 4.21. The van der Waals surface area contributed by atoms with Crippen LogP contribution in [0.15, 0.2) is 65.5 Å². The molecule has 9 nitrogen and oxygen atoms in total. The van der Waals surface area contributed by atoms with Crippen molar-refractivity contribution in [1.82, 2.24) is 24.5 Å². The highest BCUT2D eigenvalue weighted by Crippen LogP contribution is 2.16. The first-order chi connectivity index (χ1) is 13.5. The summed E-state index contributed by atoms with van der Waals surface area (Å²) in [4.78, 5) is 27.2. The number of halogens is 1. The maximum absolute atomic E-state index is 12.4. The van der Waals surface area contributed by atoms with Crippen LogP contribution in [0.5, 0.6) is 0 Å². The Morgan fingerprint density at radius 2 is 2.07 bits per heavy atom. The van der Waals surface area contributed by atoms with Gasteiger partial charge in [-0.15, -0.1) is 0 Å². The van der Waals surface area contributed by atoms with E-state index in [1.54, 1.807) is 24.4 Å². The van der Waals surface area contributed by atoms with E-state index < -0.39 is 4.92 Å². The van der Waals surface area contributed by atoms with Gasteiger partial charge in [-0.25, -0.2) is 9.67 Å². The molecule has 3 aromatic heterocycles. The number of nitro benzene ring substituents is 1. The number of nitro groups is 1. The summed E-state index contributed by atoms with van der Waals surface area (Å²) in [5.74, 6) is -0.359. The number of nitrogens with one attached hydrogen (secondary N) is 1. The van der Waals surface area contributed by atoms with Gasteiger partial charge in [-0.3, -0.25) is 14.9 Å². The molecule has 0 atom stereocenters. The minimum Gasteiger partial charge on any atom is -0.345 e. The summed E-state index contributed by atoms with van der Waals surface area (Å²) in [6, 6.07) is 11.3. The molecule has 1 N–H and O–H groups in total. The largest absolute Gasteiger partial charge is 0.345 e. The number of benzene rings is 1. The molecule has 0 saturated heterocycles.